The van der Waals surface area contributed by atoms with Crippen LogP contribution in [0.1, 0.15) is 46.6 Å². The van der Waals surface area contributed by atoms with Crippen molar-refractivity contribution in [2.45, 2.75) is 26.7 Å². The van der Waals surface area contributed by atoms with Crippen molar-refractivity contribution in [2.24, 2.45) is 5.41 Å². The molecule has 4 heteroatoms. The molecule has 0 unspecified atom stereocenters. The van der Waals surface area contributed by atoms with Crippen LogP contribution in [0.2, 0.25) is 0 Å². The molecule has 3 nitrogen and oxygen atoms in total. The number of ketones is 1. The quantitative estimate of drug-likeness (QED) is 0.772. The van der Waals surface area contributed by atoms with E-state index in [2.05, 4.69) is 55.2 Å². The van der Waals surface area contributed by atoms with Gasteiger partial charge >= 0.3 is 0 Å². The Bertz CT molecular complexity index is 829. The van der Waals surface area contributed by atoms with E-state index in [-0.39, 0.29) is 5.41 Å². The molecule has 0 saturated carbocycles. The second-order valence-corrected chi connectivity index (χ2v) is 8.91. The first-order valence-electron chi connectivity index (χ1n) is 9.28. The third-order valence-corrected chi connectivity index (χ3v) is 6.47. The number of carbonyl (C=O) groups is 1. The minimum atomic E-state index is 0.0305. The molecule has 2 heterocycles. The smallest absolute Gasteiger partial charge is 0.173 e. The van der Waals surface area contributed by atoms with Crippen molar-refractivity contribution in [3.05, 3.63) is 51.9 Å². The summed E-state index contributed by atoms with van der Waals surface area (Å²) in [5.41, 5.74) is 3.69. The van der Waals surface area contributed by atoms with Crippen LogP contribution in [-0.4, -0.2) is 32.1 Å². The highest BCUT2D eigenvalue weighted by Gasteiger charge is 2.35. The summed E-state index contributed by atoms with van der Waals surface area (Å²) in [5, 5.41) is 1.23. The normalized spacial score (nSPS) is 19.8. The van der Waals surface area contributed by atoms with E-state index in [1.807, 2.05) is 6.07 Å². The summed E-state index contributed by atoms with van der Waals surface area (Å²) in [6, 6.07) is 10.4. The topological polar surface area (TPSA) is 29.5 Å². The number of thiophene rings is 1. The molecule has 0 amide bonds. The number of carbonyl (C=O) groups excluding carboxylic acids is 1. The van der Waals surface area contributed by atoms with Crippen LogP contribution in [0.25, 0.3) is 12.2 Å². The molecule has 1 aromatic carbocycles. The Hall–Kier alpha value is -1.91. The van der Waals surface area contributed by atoms with Crippen molar-refractivity contribution in [3.63, 3.8) is 0 Å². The summed E-state index contributed by atoms with van der Waals surface area (Å²) in [4.78, 5) is 16.1. The van der Waals surface area contributed by atoms with E-state index in [1.54, 1.807) is 11.3 Å². The molecule has 1 aliphatic heterocycles. The molecule has 0 N–H and O–H groups in total. The van der Waals surface area contributed by atoms with Gasteiger partial charge in [0.05, 0.1) is 23.1 Å². The minimum Gasteiger partial charge on any atom is -0.378 e. The molecule has 0 spiro atoms. The minimum absolute atomic E-state index is 0.0305. The van der Waals surface area contributed by atoms with E-state index in [0.29, 0.717) is 12.2 Å². The van der Waals surface area contributed by atoms with Crippen LogP contribution < -0.4 is 4.90 Å². The lowest BCUT2D eigenvalue weighted by molar-refractivity contribution is 0.0917. The Balaban J connectivity index is 1.78. The van der Waals surface area contributed by atoms with Crippen LogP contribution in [0.4, 0.5) is 5.00 Å². The largest absolute Gasteiger partial charge is 0.378 e. The molecule has 1 fully saturated rings. The van der Waals surface area contributed by atoms with Crippen molar-refractivity contribution in [2.75, 3.05) is 31.2 Å². The molecular formula is C22H25NO2S. The zero-order valence-electron chi connectivity index (χ0n) is 15.5. The van der Waals surface area contributed by atoms with E-state index in [1.165, 1.54) is 21.7 Å². The van der Waals surface area contributed by atoms with Crippen LogP contribution in [-0.2, 0) is 11.2 Å². The van der Waals surface area contributed by atoms with Crippen molar-refractivity contribution in [3.8, 4) is 0 Å². The molecule has 136 valence electrons. The third-order valence-electron chi connectivity index (χ3n) is 5.12. The lowest BCUT2D eigenvalue weighted by atomic mass is 9.75. The number of rotatable bonds is 3. The highest BCUT2D eigenvalue weighted by molar-refractivity contribution is 7.18. The van der Waals surface area contributed by atoms with Crippen LogP contribution in [0.3, 0.4) is 0 Å². The summed E-state index contributed by atoms with van der Waals surface area (Å²) in [7, 11) is 0. The van der Waals surface area contributed by atoms with E-state index in [0.717, 1.165) is 37.6 Å². The molecule has 4 rings (SSSR count). The Morgan fingerprint density at radius 2 is 1.81 bits per heavy atom. The predicted octanol–water partition coefficient (Wildman–Crippen LogP) is 4.91. The summed E-state index contributed by atoms with van der Waals surface area (Å²) >= 11 is 1.68. The number of morpholine rings is 1. The fraction of sp³-hybridized carbons (Fsp3) is 0.409. The molecule has 1 saturated heterocycles. The van der Waals surface area contributed by atoms with Crippen LogP contribution in [0.5, 0.6) is 0 Å². The molecule has 2 aromatic rings. The molecule has 0 radical (unpaired) electrons. The van der Waals surface area contributed by atoms with Gasteiger partial charge in [-0.2, -0.15) is 0 Å². The molecule has 1 aromatic heterocycles. The van der Waals surface area contributed by atoms with Gasteiger partial charge in [-0.1, -0.05) is 56.3 Å². The maximum Gasteiger partial charge on any atom is 0.173 e. The average Bonchev–Trinajstić information content (AvgIpc) is 2.99. The van der Waals surface area contributed by atoms with Crippen molar-refractivity contribution in [1.29, 1.82) is 0 Å². The highest BCUT2D eigenvalue weighted by Crippen LogP contribution is 2.45. The molecule has 26 heavy (non-hydrogen) atoms. The van der Waals surface area contributed by atoms with E-state index < -0.39 is 0 Å². The fourth-order valence-corrected chi connectivity index (χ4v) is 5.14. The van der Waals surface area contributed by atoms with E-state index in [4.69, 9.17) is 4.74 Å². The van der Waals surface area contributed by atoms with Crippen molar-refractivity contribution < 1.29 is 9.53 Å². The SMILES string of the molecule is CC1(C)CC(=O)c2sc(N3CCOCC3)c(/C=C/c3ccccc3)c2C1. The summed E-state index contributed by atoms with van der Waals surface area (Å²) < 4.78 is 5.52. The number of Topliss-reactive ketones (excluding diaryl/α,β-unsaturated/α-hetero) is 1. The Morgan fingerprint density at radius 1 is 1.08 bits per heavy atom. The van der Waals surface area contributed by atoms with Gasteiger partial charge in [-0.25, -0.2) is 0 Å². The van der Waals surface area contributed by atoms with Gasteiger partial charge in [0, 0.05) is 25.1 Å². The average molecular weight is 368 g/mol. The fourth-order valence-electron chi connectivity index (χ4n) is 3.84. The summed E-state index contributed by atoms with van der Waals surface area (Å²) in [6.07, 6.45) is 5.98. The van der Waals surface area contributed by atoms with E-state index >= 15 is 0 Å². The van der Waals surface area contributed by atoms with Gasteiger partial charge in [-0.3, -0.25) is 4.79 Å². The molecule has 0 atom stereocenters. The second-order valence-electron chi connectivity index (χ2n) is 7.91. The van der Waals surface area contributed by atoms with Crippen LogP contribution >= 0.6 is 11.3 Å². The highest BCUT2D eigenvalue weighted by atomic mass is 32.1. The summed E-state index contributed by atoms with van der Waals surface area (Å²) in [5.74, 6) is 0.301. The van der Waals surface area contributed by atoms with Gasteiger partial charge in [-0.15, -0.1) is 11.3 Å². The maximum atomic E-state index is 12.8. The van der Waals surface area contributed by atoms with Gasteiger partial charge in [-0.05, 0) is 23.0 Å². The predicted molar refractivity (Wildman–Crippen MR) is 109 cm³/mol. The van der Waals surface area contributed by atoms with Crippen molar-refractivity contribution >= 4 is 34.3 Å². The second kappa shape index (κ2) is 7.01. The third kappa shape index (κ3) is 3.49. The van der Waals surface area contributed by atoms with Gasteiger partial charge in [0.25, 0.3) is 0 Å². The number of nitrogens with zero attached hydrogens (tertiary/aromatic N) is 1. The van der Waals surface area contributed by atoms with Crippen LogP contribution in [0, 0.1) is 5.41 Å². The first-order chi connectivity index (χ1) is 12.5. The van der Waals surface area contributed by atoms with Gasteiger partial charge in [0.2, 0.25) is 0 Å². The molecular weight excluding hydrogens is 342 g/mol. The number of anilines is 1. The van der Waals surface area contributed by atoms with Crippen LogP contribution in [0.15, 0.2) is 30.3 Å². The Labute approximate surface area is 159 Å². The number of benzene rings is 1. The number of fused-ring (bicyclic) bond motifs is 1. The Morgan fingerprint density at radius 3 is 2.54 bits per heavy atom. The standard InChI is InChI=1S/C22H25NO2S/c1-22(2)14-18-17(9-8-16-6-4-3-5-7-16)21(23-10-12-25-13-11-23)26-20(18)19(24)15-22/h3-9H,10-15H2,1-2H3/b9-8+. The van der Waals surface area contributed by atoms with Crippen molar-refractivity contribution in [1.82, 2.24) is 0 Å². The van der Waals surface area contributed by atoms with E-state index in [9.17, 15) is 4.79 Å². The van der Waals surface area contributed by atoms with Gasteiger partial charge in [0.1, 0.15) is 0 Å². The zero-order valence-corrected chi connectivity index (χ0v) is 16.3. The number of hydrogen-bond donors (Lipinski definition) is 0. The first-order valence-corrected chi connectivity index (χ1v) is 10.1. The maximum absolute atomic E-state index is 12.8. The number of hydrogen-bond acceptors (Lipinski definition) is 4. The lowest BCUT2D eigenvalue weighted by Gasteiger charge is -2.29. The molecule has 0 bridgehead atoms. The van der Waals surface area contributed by atoms with Gasteiger partial charge in [0.15, 0.2) is 5.78 Å². The number of ether oxygens (including phenoxy) is 1. The Kier molecular flexibility index (Phi) is 4.72. The lowest BCUT2D eigenvalue weighted by Crippen LogP contribution is -2.36. The monoisotopic (exact) mass is 367 g/mol. The summed E-state index contributed by atoms with van der Waals surface area (Å²) in [6.45, 7) is 7.69. The molecule has 1 aliphatic carbocycles. The molecule has 2 aliphatic rings. The van der Waals surface area contributed by atoms with Gasteiger partial charge < -0.3 is 9.64 Å². The first kappa shape index (κ1) is 17.5. The zero-order chi connectivity index (χ0) is 18.1.